The van der Waals surface area contributed by atoms with Gasteiger partial charge < -0.3 is 5.11 Å². The van der Waals surface area contributed by atoms with Crippen molar-refractivity contribution in [2.75, 3.05) is 11.5 Å². The van der Waals surface area contributed by atoms with Gasteiger partial charge in [-0.25, -0.2) is 8.42 Å². The third-order valence-electron chi connectivity index (χ3n) is 3.00. The quantitative estimate of drug-likeness (QED) is 0.796. The van der Waals surface area contributed by atoms with E-state index in [1.165, 1.54) is 0 Å². The van der Waals surface area contributed by atoms with Crippen molar-refractivity contribution in [1.82, 2.24) is 9.78 Å². The lowest BCUT2D eigenvalue weighted by atomic mass is 9.98. The molecule has 0 aromatic carbocycles. The van der Waals surface area contributed by atoms with Crippen molar-refractivity contribution in [1.29, 1.82) is 0 Å². The summed E-state index contributed by atoms with van der Waals surface area (Å²) in [4.78, 5) is 0. The SMILES string of the molecule is Cn1ccc(CC(O)C2CCS(=O)(=O)C2)n1. The van der Waals surface area contributed by atoms with Gasteiger partial charge in [-0.15, -0.1) is 0 Å². The summed E-state index contributed by atoms with van der Waals surface area (Å²) in [5.41, 5.74) is 0.805. The third-order valence-corrected chi connectivity index (χ3v) is 4.79. The summed E-state index contributed by atoms with van der Waals surface area (Å²) >= 11 is 0. The zero-order chi connectivity index (χ0) is 11.8. The Morgan fingerprint density at radius 3 is 2.94 bits per heavy atom. The number of aryl methyl sites for hydroxylation is 1. The molecule has 1 aliphatic heterocycles. The van der Waals surface area contributed by atoms with Crippen LogP contribution in [0.5, 0.6) is 0 Å². The molecular formula is C10H16N2O3S. The number of aliphatic hydroxyl groups excluding tert-OH is 1. The predicted molar refractivity (Wildman–Crippen MR) is 59.7 cm³/mol. The van der Waals surface area contributed by atoms with Gasteiger partial charge in [0.1, 0.15) is 0 Å². The smallest absolute Gasteiger partial charge is 0.150 e. The van der Waals surface area contributed by atoms with E-state index in [2.05, 4.69) is 5.10 Å². The molecule has 1 fully saturated rings. The van der Waals surface area contributed by atoms with Crippen LogP contribution in [0.15, 0.2) is 12.3 Å². The molecule has 0 amide bonds. The molecule has 5 nitrogen and oxygen atoms in total. The summed E-state index contributed by atoms with van der Waals surface area (Å²) in [6.45, 7) is 0. The maximum absolute atomic E-state index is 11.3. The van der Waals surface area contributed by atoms with Gasteiger partial charge in [-0.2, -0.15) is 5.10 Å². The second-order valence-corrected chi connectivity index (χ2v) is 6.64. The normalized spacial score (nSPS) is 25.8. The van der Waals surface area contributed by atoms with Crippen LogP contribution in [0.1, 0.15) is 12.1 Å². The molecule has 1 aromatic heterocycles. The molecule has 0 spiro atoms. The summed E-state index contributed by atoms with van der Waals surface area (Å²) in [6.07, 6.45) is 2.21. The third kappa shape index (κ3) is 2.62. The second kappa shape index (κ2) is 4.18. The molecule has 2 unspecified atom stereocenters. The Labute approximate surface area is 95.0 Å². The van der Waals surface area contributed by atoms with Gasteiger partial charge in [0.05, 0.1) is 23.3 Å². The first-order chi connectivity index (χ1) is 7.46. The van der Waals surface area contributed by atoms with E-state index in [4.69, 9.17) is 0 Å². The summed E-state index contributed by atoms with van der Waals surface area (Å²) in [6, 6.07) is 1.84. The van der Waals surface area contributed by atoms with Crippen LogP contribution in [0.2, 0.25) is 0 Å². The van der Waals surface area contributed by atoms with Crippen molar-refractivity contribution in [3.8, 4) is 0 Å². The van der Waals surface area contributed by atoms with Crippen LogP contribution in [-0.2, 0) is 23.3 Å². The fourth-order valence-corrected chi connectivity index (χ4v) is 3.95. The number of nitrogens with zero attached hydrogens (tertiary/aromatic N) is 2. The molecule has 0 saturated carbocycles. The van der Waals surface area contributed by atoms with Crippen LogP contribution in [0.4, 0.5) is 0 Å². The van der Waals surface area contributed by atoms with Gasteiger partial charge in [0.15, 0.2) is 9.84 Å². The lowest BCUT2D eigenvalue weighted by Crippen LogP contribution is -2.24. The van der Waals surface area contributed by atoms with E-state index in [0.29, 0.717) is 12.8 Å². The zero-order valence-electron chi connectivity index (χ0n) is 9.20. The van der Waals surface area contributed by atoms with Crippen LogP contribution >= 0.6 is 0 Å². The Morgan fingerprint density at radius 2 is 2.44 bits per heavy atom. The molecule has 16 heavy (non-hydrogen) atoms. The van der Waals surface area contributed by atoms with Gasteiger partial charge in [0.25, 0.3) is 0 Å². The number of aromatic nitrogens is 2. The molecule has 1 aliphatic rings. The van der Waals surface area contributed by atoms with E-state index >= 15 is 0 Å². The first kappa shape index (κ1) is 11.6. The van der Waals surface area contributed by atoms with Crippen LogP contribution < -0.4 is 0 Å². The van der Waals surface area contributed by atoms with Crippen molar-refractivity contribution >= 4 is 9.84 Å². The fourth-order valence-electron chi connectivity index (χ4n) is 2.08. The van der Waals surface area contributed by atoms with Gasteiger partial charge in [0.2, 0.25) is 0 Å². The summed E-state index contributed by atoms with van der Waals surface area (Å²) in [5.74, 6) is 0.185. The standard InChI is InChI=1S/C10H16N2O3S/c1-12-4-2-9(11-12)6-10(13)8-3-5-16(14,15)7-8/h2,4,8,10,13H,3,5-7H2,1H3. The molecule has 1 saturated heterocycles. The number of sulfone groups is 1. The molecule has 0 radical (unpaired) electrons. The molecule has 1 aromatic rings. The minimum atomic E-state index is -2.91. The van der Waals surface area contributed by atoms with Gasteiger partial charge >= 0.3 is 0 Å². The average molecular weight is 244 g/mol. The molecular weight excluding hydrogens is 228 g/mol. The Hall–Kier alpha value is -0.880. The van der Waals surface area contributed by atoms with E-state index in [0.717, 1.165) is 5.69 Å². The minimum Gasteiger partial charge on any atom is -0.392 e. The topological polar surface area (TPSA) is 72.2 Å². The van der Waals surface area contributed by atoms with Crippen LogP contribution in [-0.4, -0.2) is 40.9 Å². The van der Waals surface area contributed by atoms with Gasteiger partial charge in [-0.05, 0) is 12.5 Å². The summed E-state index contributed by atoms with van der Waals surface area (Å²) in [5, 5.41) is 14.1. The van der Waals surface area contributed by atoms with Crippen LogP contribution in [0.25, 0.3) is 0 Å². The molecule has 2 heterocycles. The molecule has 6 heteroatoms. The van der Waals surface area contributed by atoms with Gasteiger partial charge in [-0.3, -0.25) is 4.68 Å². The van der Waals surface area contributed by atoms with Crippen molar-refractivity contribution in [2.24, 2.45) is 13.0 Å². The molecule has 0 bridgehead atoms. The molecule has 2 atom stereocenters. The number of aliphatic hydroxyl groups is 1. The number of hydrogen-bond acceptors (Lipinski definition) is 4. The van der Waals surface area contributed by atoms with Gasteiger partial charge in [-0.1, -0.05) is 0 Å². The highest BCUT2D eigenvalue weighted by Crippen LogP contribution is 2.23. The first-order valence-electron chi connectivity index (χ1n) is 5.33. The molecule has 2 rings (SSSR count). The Balaban J connectivity index is 1.96. The van der Waals surface area contributed by atoms with Crippen molar-refractivity contribution in [2.45, 2.75) is 18.9 Å². The maximum Gasteiger partial charge on any atom is 0.150 e. The van der Waals surface area contributed by atoms with E-state index in [1.54, 1.807) is 4.68 Å². The van der Waals surface area contributed by atoms with Crippen molar-refractivity contribution < 1.29 is 13.5 Å². The van der Waals surface area contributed by atoms with Crippen LogP contribution in [0.3, 0.4) is 0 Å². The van der Waals surface area contributed by atoms with E-state index in [-0.39, 0.29) is 17.4 Å². The summed E-state index contributed by atoms with van der Waals surface area (Å²) < 4.78 is 24.2. The zero-order valence-corrected chi connectivity index (χ0v) is 10.0. The molecule has 0 aliphatic carbocycles. The monoisotopic (exact) mass is 244 g/mol. The lowest BCUT2D eigenvalue weighted by Gasteiger charge is -2.14. The Kier molecular flexibility index (Phi) is 3.03. The average Bonchev–Trinajstić information content (AvgIpc) is 2.72. The first-order valence-corrected chi connectivity index (χ1v) is 7.15. The molecule has 1 N–H and O–H groups in total. The highest BCUT2D eigenvalue weighted by atomic mass is 32.2. The maximum atomic E-state index is 11.3. The van der Waals surface area contributed by atoms with Crippen LogP contribution in [0, 0.1) is 5.92 Å². The fraction of sp³-hybridized carbons (Fsp3) is 0.700. The van der Waals surface area contributed by atoms with Gasteiger partial charge in [0, 0.05) is 25.6 Å². The predicted octanol–water partition coefficient (Wildman–Crippen LogP) is -0.242. The van der Waals surface area contributed by atoms with Crippen molar-refractivity contribution in [3.05, 3.63) is 18.0 Å². The minimum absolute atomic E-state index is 0.112. The van der Waals surface area contributed by atoms with E-state index in [1.807, 2.05) is 19.3 Å². The van der Waals surface area contributed by atoms with E-state index in [9.17, 15) is 13.5 Å². The number of rotatable bonds is 3. The van der Waals surface area contributed by atoms with E-state index < -0.39 is 15.9 Å². The second-order valence-electron chi connectivity index (χ2n) is 4.42. The summed E-state index contributed by atoms with van der Waals surface area (Å²) in [7, 11) is -1.10. The highest BCUT2D eigenvalue weighted by molar-refractivity contribution is 7.91. The Bertz CT molecular complexity index is 466. The lowest BCUT2D eigenvalue weighted by molar-refractivity contribution is 0.119. The molecule has 90 valence electrons. The number of hydrogen-bond donors (Lipinski definition) is 1. The Morgan fingerprint density at radius 1 is 1.69 bits per heavy atom. The largest absolute Gasteiger partial charge is 0.392 e. The van der Waals surface area contributed by atoms with Crippen molar-refractivity contribution in [3.63, 3.8) is 0 Å². The highest BCUT2D eigenvalue weighted by Gasteiger charge is 2.32.